The Kier molecular flexibility index (Phi) is 3.66. The van der Waals surface area contributed by atoms with Gasteiger partial charge in [-0.05, 0) is 38.5 Å². The van der Waals surface area contributed by atoms with E-state index in [0.717, 1.165) is 23.4 Å². The summed E-state index contributed by atoms with van der Waals surface area (Å²) in [6, 6.07) is 3.99. The highest BCUT2D eigenvalue weighted by atomic mass is 16.2. The third kappa shape index (κ3) is 2.37. The smallest absolute Gasteiger partial charge is 0.246 e. The van der Waals surface area contributed by atoms with Gasteiger partial charge in [0.15, 0.2) is 0 Å². The van der Waals surface area contributed by atoms with Crippen LogP contribution in [-0.2, 0) is 11.2 Å². The van der Waals surface area contributed by atoms with Gasteiger partial charge in [-0.15, -0.1) is 0 Å². The molecule has 0 aromatic carbocycles. The van der Waals surface area contributed by atoms with Gasteiger partial charge in [0.25, 0.3) is 0 Å². The Morgan fingerprint density at radius 1 is 1.63 bits per heavy atom. The number of allylic oxidation sites excluding steroid dienone is 1. The van der Waals surface area contributed by atoms with E-state index in [1.807, 2.05) is 31.7 Å². The first-order chi connectivity index (χ1) is 9.08. The fourth-order valence-electron chi connectivity index (χ4n) is 2.47. The van der Waals surface area contributed by atoms with Gasteiger partial charge in [-0.2, -0.15) is 5.26 Å². The van der Waals surface area contributed by atoms with Crippen molar-refractivity contribution in [1.82, 2.24) is 9.88 Å². The topological polar surface area (TPSA) is 57.0 Å². The van der Waals surface area contributed by atoms with Gasteiger partial charge >= 0.3 is 0 Å². The monoisotopic (exact) mass is 255 g/mol. The van der Waals surface area contributed by atoms with Crippen molar-refractivity contribution in [3.8, 4) is 6.07 Å². The Bertz CT molecular complexity index is 584. The molecule has 0 saturated heterocycles. The minimum Gasteiger partial charge on any atom is -0.332 e. The summed E-state index contributed by atoms with van der Waals surface area (Å²) in [5.74, 6) is 0.0136. The predicted molar refractivity (Wildman–Crippen MR) is 72.3 cm³/mol. The molecular weight excluding hydrogens is 238 g/mol. The molecule has 1 aromatic heterocycles. The van der Waals surface area contributed by atoms with Crippen LogP contribution in [0.1, 0.15) is 42.4 Å². The van der Waals surface area contributed by atoms with Crippen LogP contribution in [0.3, 0.4) is 0 Å². The zero-order valence-corrected chi connectivity index (χ0v) is 11.5. The summed E-state index contributed by atoms with van der Waals surface area (Å²) in [6.07, 6.45) is 4.07. The average Bonchev–Trinajstić information content (AvgIpc) is 2.38. The van der Waals surface area contributed by atoms with E-state index in [1.165, 1.54) is 0 Å². The lowest BCUT2D eigenvalue weighted by molar-refractivity contribution is -0.128. The number of pyridine rings is 1. The SMILES string of the molecule is C/C=C\C(=O)N1CCc2nc(C)c(C#N)cc2C1C. The molecule has 0 N–H and O–H groups in total. The van der Waals surface area contributed by atoms with Crippen LogP contribution in [0.5, 0.6) is 0 Å². The molecule has 0 spiro atoms. The van der Waals surface area contributed by atoms with Crippen LogP contribution in [0.4, 0.5) is 0 Å². The molecule has 4 nitrogen and oxygen atoms in total. The molecule has 0 bridgehead atoms. The van der Waals surface area contributed by atoms with E-state index in [2.05, 4.69) is 11.1 Å². The molecule has 98 valence electrons. The van der Waals surface area contributed by atoms with Crippen molar-refractivity contribution < 1.29 is 4.79 Å². The van der Waals surface area contributed by atoms with Gasteiger partial charge in [-0.3, -0.25) is 9.78 Å². The number of aryl methyl sites for hydroxylation is 1. The minimum absolute atomic E-state index is 0.0136. The van der Waals surface area contributed by atoms with E-state index in [9.17, 15) is 4.79 Å². The number of hydrogen-bond acceptors (Lipinski definition) is 3. The molecule has 0 radical (unpaired) electrons. The van der Waals surface area contributed by atoms with Crippen LogP contribution in [0.2, 0.25) is 0 Å². The lowest BCUT2D eigenvalue weighted by Gasteiger charge is -2.34. The summed E-state index contributed by atoms with van der Waals surface area (Å²) >= 11 is 0. The molecule has 1 unspecified atom stereocenters. The summed E-state index contributed by atoms with van der Waals surface area (Å²) in [7, 11) is 0. The lowest BCUT2D eigenvalue weighted by atomic mass is 9.95. The summed E-state index contributed by atoms with van der Waals surface area (Å²) < 4.78 is 0. The number of amides is 1. The van der Waals surface area contributed by atoms with Crippen molar-refractivity contribution in [2.45, 2.75) is 33.2 Å². The molecule has 4 heteroatoms. The largest absolute Gasteiger partial charge is 0.332 e. The molecule has 2 rings (SSSR count). The zero-order valence-electron chi connectivity index (χ0n) is 11.5. The van der Waals surface area contributed by atoms with Crippen LogP contribution < -0.4 is 0 Å². The molecular formula is C15H17N3O. The van der Waals surface area contributed by atoms with Gasteiger partial charge in [-0.1, -0.05) is 6.08 Å². The summed E-state index contributed by atoms with van der Waals surface area (Å²) in [4.78, 5) is 18.3. The maximum Gasteiger partial charge on any atom is 0.246 e. The number of nitrogens with zero attached hydrogens (tertiary/aromatic N) is 3. The quantitative estimate of drug-likeness (QED) is 0.723. The molecule has 1 aromatic rings. The summed E-state index contributed by atoms with van der Waals surface area (Å²) in [6.45, 7) is 6.34. The second kappa shape index (κ2) is 5.23. The highest BCUT2D eigenvalue weighted by Gasteiger charge is 2.28. The first-order valence-corrected chi connectivity index (χ1v) is 6.42. The average molecular weight is 255 g/mol. The van der Waals surface area contributed by atoms with E-state index >= 15 is 0 Å². The Morgan fingerprint density at radius 2 is 2.37 bits per heavy atom. The van der Waals surface area contributed by atoms with Crippen molar-refractivity contribution >= 4 is 5.91 Å². The molecule has 1 aliphatic heterocycles. The predicted octanol–water partition coefficient (Wildman–Crippen LogP) is 2.28. The van der Waals surface area contributed by atoms with E-state index in [0.29, 0.717) is 12.1 Å². The standard InChI is InChI=1S/C15H17N3O/c1-4-5-15(19)18-7-6-14-13(11(18)3)8-12(9-16)10(2)17-14/h4-5,8,11H,6-7H2,1-3H3/b5-4-. The van der Waals surface area contributed by atoms with Gasteiger partial charge < -0.3 is 4.90 Å². The van der Waals surface area contributed by atoms with Crippen LogP contribution in [-0.4, -0.2) is 22.3 Å². The molecule has 1 atom stereocenters. The van der Waals surface area contributed by atoms with Crippen molar-refractivity contribution in [3.63, 3.8) is 0 Å². The van der Waals surface area contributed by atoms with Crippen LogP contribution in [0, 0.1) is 18.3 Å². The summed E-state index contributed by atoms with van der Waals surface area (Å²) in [5.41, 5.74) is 3.35. The Hall–Kier alpha value is -2.15. The number of carbonyl (C=O) groups is 1. The van der Waals surface area contributed by atoms with Crippen LogP contribution in [0.25, 0.3) is 0 Å². The highest BCUT2D eigenvalue weighted by Crippen LogP contribution is 2.29. The van der Waals surface area contributed by atoms with Gasteiger partial charge in [0.1, 0.15) is 6.07 Å². The normalized spacial score (nSPS) is 18.2. The maximum absolute atomic E-state index is 12.0. The number of rotatable bonds is 1. The van der Waals surface area contributed by atoms with Crippen molar-refractivity contribution in [2.75, 3.05) is 6.54 Å². The second-order valence-corrected chi connectivity index (χ2v) is 4.73. The van der Waals surface area contributed by atoms with Crippen molar-refractivity contribution in [3.05, 3.63) is 40.7 Å². The number of carbonyl (C=O) groups excluding carboxylic acids is 1. The lowest BCUT2D eigenvalue weighted by Crippen LogP contribution is -2.38. The van der Waals surface area contributed by atoms with Gasteiger partial charge in [-0.25, -0.2) is 0 Å². The fourth-order valence-corrected chi connectivity index (χ4v) is 2.47. The molecule has 0 fully saturated rings. The number of hydrogen-bond donors (Lipinski definition) is 0. The van der Waals surface area contributed by atoms with E-state index < -0.39 is 0 Å². The molecule has 1 amide bonds. The molecule has 19 heavy (non-hydrogen) atoms. The van der Waals surface area contributed by atoms with E-state index in [4.69, 9.17) is 5.26 Å². The number of nitriles is 1. The molecule has 0 aliphatic carbocycles. The molecule has 2 heterocycles. The zero-order chi connectivity index (χ0) is 14.0. The molecule has 1 aliphatic rings. The van der Waals surface area contributed by atoms with Crippen LogP contribution in [0.15, 0.2) is 18.2 Å². The Morgan fingerprint density at radius 3 is 3.00 bits per heavy atom. The number of fused-ring (bicyclic) bond motifs is 1. The third-order valence-electron chi connectivity index (χ3n) is 3.55. The minimum atomic E-state index is -0.0346. The van der Waals surface area contributed by atoms with Crippen LogP contribution >= 0.6 is 0 Å². The fraction of sp³-hybridized carbons (Fsp3) is 0.400. The van der Waals surface area contributed by atoms with Crippen molar-refractivity contribution in [1.29, 1.82) is 5.26 Å². The van der Waals surface area contributed by atoms with Gasteiger partial charge in [0.2, 0.25) is 5.91 Å². The Balaban J connectivity index is 2.41. The van der Waals surface area contributed by atoms with Crippen molar-refractivity contribution in [2.24, 2.45) is 0 Å². The highest BCUT2D eigenvalue weighted by molar-refractivity contribution is 5.88. The van der Waals surface area contributed by atoms with E-state index in [-0.39, 0.29) is 11.9 Å². The van der Waals surface area contributed by atoms with Gasteiger partial charge in [0.05, 0.1) is 17.3 Å². The first-order valence-electron chi connectivity index (χ1n) is 6.42. The Labute approximate surface area is 113 Å². The van der Waals surface area contributed by atoms with Gasteiger partial charge in [0, 0.05) is 18.7 Å². The van der Waals surface area contributed by atoms with E-state index in [1.54, 1.807) is 12.2 Å². The maximum atomic E-state index is 12.0. The summed E-state index contributed by atoms with van der Waals surface area (Å²) in [5, 5.41) is 9.08. The third-order valence-corrected chi connectivity index (χ3v) is 3.55. The molecule has 0 saturated carbocycles. The number of aromatic nitrogens is 1. The first kappa shape index (κ1) is 13.3. The second-order valence-electron chi connectivity index (χ2n) is 4.73.